The first kappa shape index (κ1) is 14.7. The van der Waals surface area contributed by atoms with E-state index >= 15 is 0 Å². The maximum Gasteiger partial charge on any atom is 0.161 e. The van der Waals surface area contributed by atoms with Gasteiger partial charge in [0.25, 0.3) is 0 Å². The largest absolute Gasteiger partial charge is 0.490 e. The van der Waals surface area contributed by atoms with Crippen LogP contribution in [0.3, 0.4) is 0 Å². The van der Waals surface area contributed by atoms with Crippen LogP contribution in [0.25, 0.3) is 0 Å². The SMILES string of the molecule is CCNC(CC1CCCO1)c1ccc2c(c1)OCCCO2. The monoisotopic (exact) mass is 291 g/mol. The summed E-state index contributed by atoms with van der Waals surface area (Å²) in [6.07, 6.45) is 4.70. The van der Waals surface area contributed by atoms with E-state index in [1.807, 2.05) is 6.07 Å². The van der Waals surface area contributed by atoms with E-state index in [0.29, 0.717) is 12.1 Å². The second-order valence-electron chi connectivity index (χ2n) is 5.74. The summed E-state index contributed by atoms with van der Waals surface area (Å²) in [7, 11) is 0. The van der Waals surface area contributed by atoms with Crippen LogP contribution in [0.1, 0.15) is 44.2 Å². The van der Waals surface area contributed by atoms with Gasteiger partial charge in [-0.15, -0.1) is 0 Å². The molecule has 1 fully saturated rings. The van der Waals surface area contributed by atoms with Crippen molar-refractivity contribution in [2.24, 2.45) is 0 Å². The van der Waals surface area contributed by atoms with Crippen LogP contribution >= 0.6 is 0 Å². The summed E-state index contributed by atoms with van der Waals surface area (Å²) in [5.74, 6) is 1.74. The highest BCUT2D eigenvalue weighted by Gasteiger charge is 2.22. The van der Waals surface area contributed by atoms with Gasteiger partial charge in [0.05, 0.1) is 19.3 Å². The minimum atomic E-state index is 0.315. The van der Waals surface area contributed by atoms with Crippen molar-refractivity contribution in [2.75, 3.05) is 26.4 Å². The van der Waals surface area contributed by atoms with E-state index in [-0.39, 0.29) is 0 Å². The van der Waals surface area contributed by atoms with Crippen LogP contribution in [0.2, 0.25) is 0 Å². The van der Waals surface area contributed by atoms with Crippen molar-refractivity contribution >= 4 is 0 Å². The van der Waals surface area contributed by atoms with Gasteiger partial charge in [-0.1, -0.05) is 13.0 Å². The van der Waals surface area contributed by atoms with Gasteiger partial charge in [0.15, 0.2) is 11.5 Å². The molecule has 0 radical (unpaired) electrons. The summed E-state index contributed by atoms with van der Waals surface area (Å²) in [6, 6.07) is 6.63. The first-order valence-electron chi connectivity index (χ1n) is 8.11. The van der Waals surface area contributed by atoms with Gasteiger partial charge in [-0.05, 0) is 43.5 Å². The van der Waals surface area contributed by atoms with Crippen molar-refractivity contribution in [3.8, 4) is 11.5 Å². The third-order valence-electron chi connectivity index (χ3n) is 4.15. The number of fused-ring (bicyclic) bond motifs is 1. The van der Waals surface area contributed by atoms with Crippen molar-refractivity contribution in [3.05, 3.63) is 23.8 Å². The molecule has 1 aromatic rings. The lowest BCUT2D eigenvalue weighted by Crippen LogP contribution is -2.25. The predicted molar refractivity (Wildman–Crippen MR) is 82.1 cm³/mol. The average molecular weight is 291 g/mol. The molecule has 3 rings (SSSR count). The van der Waals surface area contributed by atoms with E-state index in [9.17, 15) is 0 Å². The summed E-state index contributed by atoms with van der Waals surface area (Å²) >= 11 is 0. The second kappa shape index (κ2) is 7.14. The Labute approximate surface area is 126 Å². The van der Waals surface area contributed by atoms with Crippen LogP contribution in [0.5, 0.6) is 11.5 Å². The molecule has 0 aromatic heterocycles. The van der Waals surface area contributed by atoms with Crippen LogP contribution in [-0.4, -0.2) is 32.5 Å². The highest BCUT2D eigenvalue weighted by atomic mass is 16.5. The molecule has 2 aliphatic heterocycles. The number of ether oxygens (including phenoxy) is 3. The zero-order valence-electron chi connectivity index (χ0n) is 12.8. The van der Waals surface area contributed by atoms with Gasteiger partial charge >= 0.3 is 0 Å². The molecule has 21 heavy (non-hydrogen) atoms. The summed E-state index contributed by atoms with van der Waals surface area (Å²) in [5, 5.41) is 3.57. The highest BCUT2D eigenvalue weighted by Crippen LogP contribution is 2.34. The number of rotatable bonds is 5. The number of benzene rings is 1. The standard InChI is InChI=1S/C17H25NO3/c1-2-18-15(12-14-5-3-8-19-14)13-6-7-16-17(11-13)21-10-4-9-20-16/h6-7,11,14-15,18H,2-5,8-10,12H2,1H3. The molecule has 2 aliphatic rings. The van der Waals surface area contributed by atoms with Gasteiger partial charge in [-0.25, -0.2) is 0 Å². The van der Waals surface area contributed by atoms with Gasteiger partial charge in [-0.3, -0.25) is 0 Å². The Morgan fingerprint density at radius 3 is 2.76 bits per heavy atom. The maximum absolute atomic E-state index is 5.80. The Kier molecular flexibility index (Phi) is 4.99. The van der Waals surface area contributed by atoms with E-state index < -0.39 is 0 Å². The molecule has 4 heteroatoms. The molecule has 4 nitrogen and oxygen atoms in total. The minimum absolute atomic E-state index is 0.315. The summed E-state index contributed by atoms with van der Waals surface area (Å²) < 4.78 is 17.3. The number of hydrogen-bond acceptors (Lipinski definition) is 4. The van der Waals surface area contributed by atoms with Gasteiger partial charge in [0, 0.05) is 19.1 Å². The van der Waals surface area contributed by atoms with Crippen LogP contribution in [0.4, 0.5) is 0 Å². The normalized spacial score (nSPS) is 22.8. The third-order valence-corrected chi connectivity index (χ3v) is 4.15. The molecule has 2 heterocycles. The molecule has 0 saturated carbocycles. The van der Waals surface area contributed by atoms with Crippen molar-refractivity contribution in [1.82, 2.24) is 5.32 Å². The Morgan fingerprint density at radius 1 is 1.14 bits per heavy atom. The Balaban J connectivity index is 1.76. The van der Waals surface area contributed by atoms with Crippen LogP contribution < -0.4 is 14.8 Å². The topological polar surface area (TPSA) is 39.7 Å². The first-order valence-corrected chi connectivity index (χ1v) is 8.11. The fraction of sp³-hybridized carbons (Fsp3) is 0.647. The highest BCUT2D eigenvalue weighted by molar-refractivity contribution is 5.44. The van der Waals surface area contributed by atoms with Gasteiger partial charge in [0.2, 0.25) is 0 Å². The Morgan fingerprint density at radius 2 is 2.00 bits per heavy atom. The van der Waals surface area contributed by atoms with E-state index in [4.69, 9.17) is 14.2 Å². The molecule has 0 amide bonds. The predicted octanol–water partition coefficient (Wildman–Crippen LogP) is 3.07. The molecule has 2 unspecified atom stereocenters. The van der Waals surface area contributed by atoms with Gasteiger partial charge < -0.3 is 19.5 Å². The summed E-state index contributed by atoms with van der Waals surface area (Å²) in [4.78, 5) is 0. The molecule has 0 aliphatic carbocycles. The van der Waals surface area contributed by atoms with E-state index in [2.05, 4.69) is 24.4 Å². The average Bonchev–Trinajstić information content (AvgIpc) is 2.90. The molecule has 1 saturated heterocycles. The molecule has 0 spiro atoms. The Bertz CT molecular complexity index is 457. The molecule has 0 bridgehead atoms. The lowest BCUT2D eigenvalue weighted by Gasteiger charge is -2.22. The lowest BCUT2D eigenvalue weighted by atomic mass is 9.98. The van der Waals surface area contributed by atoms with Gasteiger partial charge in [-0.2, -0.15) is 0 Å². The third kappa shape index (κ3) is 3.69. The summed E-state index contributed by atoms with van der Waals surface area (Å²) in [6.45, 7) is 5.47. The molecule has 2 atom stereocenters. The molecular formula is C17H25NO3. The van der Waals surface area contributed by atoms with Crippen LogP contribution in [-0.2, 0) is 4.74 Å². The fourth-order valence-corrected chi connectivity index (χ4v) is 3.07. The van der Waals surface area contributed by atoms with Crippen LogP contribution in [0, 0.1) is 0 Å². The number of hydrogen-bond donors (Lipinski definition) is 1. The van der Waals surface area contributed by atoms with Crippen molar-refractivity contribution in [3.63, 3.8) is 0 Å². The van der Waals surface area contributed by atoms with Crippen molar-refractivity contribution < 1.29 is 14.2 Å². The Hall–Kier alpha value is -1.26. The van der Waals surface area contributed by atoms with E-state index in [1.54, 1.807) is 0 Å². The zero-order chi connectivity index (χ0) is 14.5. The lowest BCUT2D eigenvalue weighted by molar-refractivity contribution is 0.0947. The van der Waals surface area contributed by atoms with E-state index in [0.717, 1.165) is 50.7 Å². The van der Waals surface area contributed by atoms with Crippen molar-refractivity contribution in [2.45, 2.75) is 44.8 Å². The first-order chi connectivity index (χ1) is 10.4. The smallest absolute Gasteiger partial charge is 0.161 e. The van der Waals surface area contributed by atoms with Crippen molar-refractivity contribution in [1.29, 1.82) is 0 Å². The molecule has 116 valence electrons. The van der Waals surface area contributed by atoms with E-state index in [1.165, 1.54) is 18.4 Å². The second-order valence-corrected chi connectivity index (χ2v) is 5.74. The van der Waals surface area contributed by atoms with Crippen LogP contribution in [0.15, 0.2) is 18.2 Å². The van der Waals surface area contributed by atoms with Gasteiger partial charge in [0.1, 0.15) is 0 Å². The zero-order valence-corrected chi connectivity index (χ0v) is 12.8. The molecular weight excluding hydrogens is 266 g/mol. The minimum Gasteiger partial charge on any atom is -0.490 e. The number of nitrogens with one attached hydrogen (secondary N) is 1. The molecule has 1 N–H and O–H groups in total. The quantitative estimate of drug-likeness (QED) is 0.905. The maximum atomic E-state index is 5.80. The molecule has 1 aromatic carbocycles. The fourth-order valence-electron chi connectivity index (χ4n) is 3.07. The summed E-state index contributed by atoms with van der Waals surface area (Å²) in [5.41, 5.74) is 1.26.